The van der Waals surface area contributed by atoms with Crippen molar-refractivity contribution >= 4 is 22.7 Å². The van der Waals surface area contributed by atoms with Crippen molar-refractivity contribution in [3.8, 4) is 17.1 Å². The van der Waals surface area contributed by atoms with Gasteiger partial charge in [0.05, 0.1) is 31.4 Å². The first kappa shape index (κ1) is 24.5. The third kappa shape index (κ3) is 4.53. The van der Waals surface area contributed by atoms with Crippen LogP contribution in [0.4, 0.5) is 5.82 Å². The van der Waals surface area contributed by atoms with E-state index >= 15 is 0 Å². The topological polar surface area (TPSA) is 106 Å². The molecule has 2 aliphatic rings. The molecule has 0 spiro atoms. The summed E-state index contributed by atoms with van der Waals surface area (Å²) < 4.78 is 14.2. The average Bonchev–Trinajstić information content (AvgIpc) is 3.37. The van der Waals surface area contributed by atoms with Crippen molar-refractivity contribution in [1.29, 1.82) is 5.41 Å². The number of nitrogens with one attached hydrogen (secondary N) is 1. The van der Waals surface area contributed by atoms with E-state index in [-0.39, 0.29) is 18.0 Å². The van der Waals surface area contributed by atoms with Gasteiger partial charge in [-0.25, -0.2) is 9.97 Å². The first-order valence-electron chi connectivity index (χ1n) is 12.8. The number of nitrogen functional groups attached to an aromatic ring is 1. The molecular weight excluding hydrogens is 454 g/mol. The van der Waals surface area contributed by atoms with E-state index in [4.69, 9.17) is 30.6 Å². The Balaban J connectivity index is 1.60. The zero-order chi connectivity index (χ0) is 25.6. The Morgan fingerprint density at radius 1 is 1.17 bits per heavy atom. The molecule has 2 fully saturated rings. The van der Waals surface area contributed by atoms with E-state index in [0.717, 1.165) is 41.3 Å². The molecular formula is C27H37N7O2. The number of hydrogen-bond donors (Lipinski definition) is 2. The van der Waals surface area contributed by atoms with Crippen molar-refractivity contribution in [2.75, 3.05) is 32.1 Å². The standard InChI is InChI=1S/C27H37N7O2/c1-16-6-7-17(2)34(16)24-9-8-19(12-30-24)27-31-22-10-20(26(28)29)11-23(35-5)25(22)33(27)15-21-14-32(4)13-18(3)36-21/h8-12,16-18,21H,6-7,13-15H2,1-5H3,(H3,28,29)/t16-,17-,18-,21-/m0/s1. The van der Waals surface area contributed by atoms with Crippen LogP contribution in [0.3, 0.4) is 0 Å². The predicted octanol–water partition coefficient (Wildman–Crippen LogP) is 3.49. The number of morpholine rings is 1. The van der Waals surface area contributed by atoms with Crippen molar-refractivity contribution < 1.29 is 9.47 Å². The highest BCUT2D eigenvalue weighted by Crippen LogP contribution is 2.35. The molecule has 2 saturated heterocycles. The maximum absolute atomic E-state index is 7.94. The fraction of sp³-hybridized carbons (Fsp3) is 0.519. The minimum atomic E-state index is -0.0164. The fourth-order valence-corrected chi connectivity index (χ4v) is 5.84. The van der Waals surface area contributed by atoms with Gasteiger partial charge in [-0.3, -0.25) is 5.41 Å². The van der Waals surface area contributed by atoms with Crippen LogP contribution >= 0.6 is 0 Å². The number of anilines is 1. The van der Waals surface area contributed by atoms with Gasteiger partial charge < -0.3 is 29.6 Å². The highest BCUT2D eigenvalue weighted by Gasteiger charge is 2.29. The highest BCUT2D eigenvalue weighted by atomic mass is 16.5. The molecule has 0 radical (unpaired) electrons. The van der Waals surface area contributed by atoms with E-state index < -0.39 is 0 Å². The van der Waals surface area contributed by atoms with Gasteiger partial charge in [-0.15, -0.1) is 0 Å². The van der Waals surface area contributed by atoms with Crippen LogP contribution in [-0.2, 0) is 11.3 Å². The zero-order valence-corrected chi connectivity index (χ0v) is 21.9. The number of ether oxygens (including phenoxy) is 2. The first-order chi connectivity index (χ1) is 17.2. The Morgan fingerprint density at radius 3 is 2.53 bits per heavy atom. The molecule has 2 aromatic heterocycles. The summed E-state index contributed by atoms with van der Waals surface area (Å²) in [6, 6.07) is 8.83. The molecule has 3 aromatic rings. The second kappa shape index (κ2) is 9.71. The Bertz CT molecular complexity index is 1240. The lowest BCUT2D eigenvalue weighted by molar-refractivity contribution is -0.0752. The largest absolute Gasteiger partial charge is 0.494 e. The summed E-state index contributed by atoms with van der Waals surface area (Å²) >= 11 is 0. The molecule has 3 N–H and O–H groups in total. The minimum Gasteiger partial charge on any atom is -0.494 e. The van der Waals surface area contributed by atoms with Crippen LogP contribution in [0.15, 0.2) is 30.5 Å². The fourth-order valence-electron chi connectivity index (χ4n) is 5.84. The van der Waals surface area contributed by atoms with E-state index in [1.807, 2.05) is 12.3 Å². The molecule has 4 heterocycles. The Kier molecular flexibility index (Phi) is 6.61. The summed E-state index contributed by atoms with van der Waals surface area (Å²) in [5.41, 5.74) is 8.93. The van der Waals surface area contributed by atoms with Gasteiger partial charge in [-0.05, 0) is 64.9 Å². The van der Waals surface area contributed by atoms with Crippen molar-refractivity contribution in [3.05, 3.63) is 36.0 Å². The maximum Gasteiger partial charge on any atom is 0.145 e. The Hall–Kier alpha value is -3.17. The van der Waals surface area contributed by atoms with Crippen LogP contribution < -0.4 is 15.4 Å². The Labute approximate surface area is 212 Å². The van der Waals surface area contributed by atoms with Crippen molar-refractivity contribution in [3.63, 3.8) is 0 Å². The third-order valence-corrected chi connectivity index (χ3v) is 7.46. The molecule has 9 heteroatoms. The summed E-state index contributed by atoms with van der Waals surface area (Å²) in [6.07, 6.45) is 4.45. The number of nitrogens with two attached hydrogens (primary N) is 1. The van der Waals surface area contributed by atoms with Gasteiger partial charge >= 0.3 is 0 Å². The van der Waals surface area contributed by atoms with Crippen molar-refractivity contribution in [1.82, 2.24) is 19.4 Å². The lowest BCUT2D eigenvalue weighted by atomic mass is 10.1. The van der Waals surface area contributed by atoms with Gasteiger partial charge in [0.1, 0.15) is 28.7 Å². The number of hydrogen-bond acceptors (Lipinski definition) is 7. The Morgan fingerprint density at radius 2 is 1.92 bits per heavy atom. The molecule has 1 aromatic carbocycles. The van der Waals surface area contributed by atoms with Gasteiger partial charge in [0.15, 0.2) is 0 Å². The molecule has 0 saturated carbocycles. The number of pyridine rings is 1. The third-order valence-electron chi connectivity index (χ3n) is 7.46. The summed E-state index contributed by atoms with van der Waals surface area (Å²) in [5, 5.41) is 7.94. The van der Waals surface area contributed by atoms with E-state index in [2.05, 4.69) is 54.3 Å². The zero-order valence-electron chi connectivity index (χ0n) is 21.9. The van der Waals surface area contributed by atoms with Crippen LogP contribution in [0.25, 0.3) is 22.4 Å². The molecule has 9 nitrogen and oxygen atoms in total. The first-order valence-corrected chi connectivity index (χ1v) is 12.8. The lowest BCUT2D eigenvalue weighted by Crippen LogP contribution is -2.46. The van der Waals surface area contributed by atoms with Gasteiger partial charge in [0, 0.05) is 42.5 Å². The normalized spacial score (nSPS) is 25.0. The second-order valence-electron chi connectivity index (χ2n) is 10.4. The number of likely N-dealkylation sites (N-methyl/N-ethyl adjacent to an activating group) is 1. The van der Waals surface area contributed by atoms with Crippen molar-refractivity contribution in [2.24, 2.45) is 5.73 Å². The number of imidazole rings is 1. The molecule has 5 rings (SSSR count). The number of benzene rings is 1. The van der Waals surface area contributed by atoms with Gasteiger partial charge in [0.2, 0.25) is 0 Å². The summed E-state index contributed by atoms with van der Waals surface area (Å²) in [5.74, 6) is 2.42. The molecule has 0 aliphatic carbocycles. The molecule has 192 valence electrons. The molecule has 36 heavy (non-hydrogen) atoms. The van der Waals surface area contributed by atoms with Crippen LogP contribution in [0.1, 0.15) is 39.2 Å². The number of rotatable bonds is 6. The maximum atomic E-state index is 7.94. The monoisotopic (exact) mass is 491 g/mol. The van der Waals surface area contributed by atoms with Gasteiger partial charge in [-0.1, -0.05) is 0 Å². The predicted molar refractivity (Wildman–Crippen MR) is 143 cm³/mol. The van der Waals surface area contributed by atoms with Gasteiger partial charge in [0.25, 0.3) is 0 Å². The van der Waals surface area contributed by atoms with Crippen molar-refractivity contribution in [2.45, 2.75) is 64.4 Å². The molecule has 0 unspecified atom stereocenters. The SMILES string of the molecule is COc1cc(C(=N)N)cc2nc(-c3ccc(N4[C@@H](C)CC[C@@H]4C)nc3)n(C[C@@H]3CN(C)C[C@H](C)O3)c12. The van der Waals surface area contributed by atoms with Crippen LogP contribution in [0.2, 0.25) is 0 Å². The smallest absolute Gasteiger partial charge is 0.145 e. The molecule has 0 amide bonds. The average molecular weight is 492 g/mol. The molecule has 2 aliphatic heterocycles. The van der Waals surface area contributed by atoms with E-state index in [1.165, 1.54) is 12.8 Å². The number of fused-ring (bicyclic) bond motifs is 1. The minimum absolute atomic E-state index is 0.00520. The highest BCUT2D eigenvalue weighted by molar-refractivity contribution is 6.00. The number of nitrogens with zero attached hydrogens (tertiary/aromatic N) is 5. The van der Waals surface area contributed by atoms with E-state index in [0.29, 0.717) is 29.9 Å². The lowest BCUT2D eigenvalue weighted by Gasteiger charge is -2.35. The number of methoxy groups -OCH3 is 1. The molecule has 0 bridgehead atoms. The second-order valence-corrected chi connectivity index (χ2v) is 10.4. The van der Waals surface area contributed by atoms with Crippen LogP contribution in [-0.4, -0.2) is 76.8 Å². The summed E-state index contributed by atoms with van der Waals surface area (Å²) in [4.78, 5) is 14.6. The van der Waals surface area contributed by atoms with Gasteiger partial charge in [-0.2, -0.15) is 0 Å². The van der Waals surface area contributed by atoms with Crippen LogP contribution in [0.5, 0.6) is 5.75 Å². The molecule has 4 atom stereocenters. The van der Waals surface area contributed by atoms with E-state index in [1.54, 1.807) is 13.2 Å². The summed E-state index contributed by atoms with van der Waals surface area (Å²) in [6.45, 7) is 9.01. The quantitative estimate of drug-likeness (QED) is 0.402. The van der Waals surface area contributed by atoms with E-state index in [9.17, 15) is 0 Å². The summed E-state index contributed by atoms with van der Waals surface area (Å²) in [7, 11) is 3.76. The van der Waals surface area contributed by atoms with Crippen LogP contribution in [0, 0.1) is 5.41 Å². The number of amidine groups is 1. The number of aromatic nitrogens is 3.